The molecule has 0 aromatic heterocycles. The molecule has 0 spiro atoms. The number of aryl methyl sites for hydroxylation is 1. The molecule has 102 valence electrons. The highest BCUT2D eigenvalue weighted by atomic mass is 16.5. The van der Waals surface area contributed by atoms with Gasteiger partial charge in [0, 0.05) is 6.07 Å². The van der Waals surface area contributed by atoms with Gasteiger partial charge in [0.15, 0.2) is 0 Å². The molecule has 0 radical (unpaired) electrons. The molecule has 0 saturated heterocycles. The summed E-state index contributed by atoms with van der Waals surface area (Å²) < 4.78 is 10.4. The minimum Gasteiger partial charge on any atom is -0.496 e. The van der Waals surface area contributed by atoms with Gasteiger partial charge in [-0.1, -0.05) is 6.92 Å². The zero-order chi connectivity index (χ0) is 14.4. The van der Waals surface area contributed by atoms with Crippen LogP contribution in [0.5, 0.6) is 11.5 Å². The Morgan fingerprint density at radius 1 is 1.37 bits per heavy atom. The third-order valence-electron chi connectivity index (χ3n) is 2.86. The number of nitrogens with one attached hydrogen (secondary N) is 1. The molecule has 0 saturated carbocycles. The fourth-order valence-corrected chi connectivity index (χ4v) is 1.70. The maximum atomic E-state index is 11.9. The van der Waals surface area contributed by atoms with Crippen molar-refractivity contribution in [2.24, 2.45) is 5.92 Å². The van der Waals surface area contributed by atoms with Crippen LogP contribution in [0.4, 0.5) is 5.69 Å². The van der Waals surface area contributed by atoms with E-state index in [1.807, 2.05) is 13.0 Å². The first-order chi connectivity index (χ1) is 9.07. The van der Waals surface area contributed by atoms with E-state index in [2.05, 4.69) is 5.32 Å². The summed E-state index contributed by atoms with van der Waals surface area (Å²) in [5.41, 5.74) is 1.41. The van der Waals surface area contributed by atoms with Crippen LogP contribution < -0.4 is 14.8 Å². The molecule has 0 aliphatic heterocycles. The summed E-state index contributed by atoms with van der Waals surface area (Å²) in [4.78, 5) is 11.9. The lowest BCUT2D eigenvalue weighted by Gasteiger charge is -2.15. The number of nitriles is 1. The highest BCUT2D eigenvalue weighted by Crippen LogP contribution is 2.32. The minimum absolute atomic E-state index is 0.339. The molecule has 1 aromatic carbocycles. The Morgan fingerprint density at radius 3 is 2.47 bits per heavy atom. The molecule has 0 fully saturated rings. The molecule has 1 N–H and O–H groups in total. The van der Waals surface area contributed by atoms with E-state index in [1.165, 1.54) is 7.11 Å². The van der Waals surface area contributed by atoms with Crippen molar-refractivity contribution in [3.05, 3.63) is 17.7 Å². The van der Waals surface area contributed by atoms with Gasteiger partial charge in [-0.2, -0.15) is 5.26 Å². The van der Waals surface area contributed by atoms with Gasteiger partial charge in [-0.15, -0.1) is 0 Å². The number of methoxy groups -OCH3 is 2. The van der Waals surface area contributed by atoms with Crippen molar-refractivity contribution in [3.63, 3.8) is 0 Å². The Morgan fingerprint density at radius 2 is 2.00 bits per heavy atom. The third kappa shape index (κ3) is 3.38. The summed E-state index contributed by atoms with van der Waals surface area (Å²) >= 11 is 0. The van der Waals surface area contributed by atoms with E-state index in [0.717, 1.165) is 5.56 Å². The standard InChI is InChI=1S/C14H18N2O3/c1-5-10(8-15)14(17)16-11-7-12(18-3)9(2)6-13(11)19-4/h6-7,10H,5H2,1-4H3,(H,16,17). The van der Waals surface area contributed by atoms with Crippen LogP contribution in [-0.2, 0) is 4.79 Å². The molecule has 19 heavy (non-hydrogen) atoms. The van der Waals surface area contributed by atoms with Crippen LogP contribution in [0.25, 0.3) is 0 Å². The number of hydrogen-bond acceptors (Lipinski definition) is 4. The Bertz CT molecular complexity index is 506. The van der Waals surface area contributed by atoms with E-state index in [1.54, 1.807) is 26.2 Å². The summed E-state index contributed by atoms with van der Waals surface area (Å²) in [6.07, 6.45) is 0.466. The molecular formula is C14H18N2O3. The van der Waals surface area contributed by atoms with Crippen LogP contribution in [0.15, 0.2) is 12.1 Å². The molecule has 1 atom stereocenters. The number of ether oxygens (including phenoxy) is 2. The minimum atomic E-state index is -0.669. The Labute approximate surface area is 113 Å². The lowest BCUT2D eigenvalue weighted by Crippen LogP contribution is -2.21. The van der Waals surface area contributed by atoms with E-state index in [0.29, 0.717) is 23.6 Å². The van der Waals surface area contributed by atoms with E-state index in [4.69, 9.17) is 14.7 Å². The van der Waals surface area contributed by atoms with Gasteiger partial charge >= 0.3 is 0 Å². The SMILES string of the molecule is CCC(C#N)C(=O)Nc1cc(OC)c(C)cc1OC. The van der Waals surface area contributed by atoms with Gasteiger partial charge in [-0.05, 0) is 25.0 Å². The molecule has 1 aromatic rings. The highest BCUT2D eigenvalue weighted by Gasteiger charge is 2.18. The topological polar surface area (TPSA) is 71.4 Å². The summed E-state index contributed by atoms with van der Waals surface area (Å²) in [5, 5.41) is 11.6. The predicted molar refractivity (Wildman–Crippen MR) is 72.3 cm³/mol. The van der Waals surface area contributed by atoms with Crippen LogP contribution in [0.3, 0.4) is 0 Å². The lowest BCUT2D eigenvalue weighted by molar-refractivity contribution is -0.118. The Balaban J connectivity index is 3.06. The molecule has 1 rings (SSSR count). The number of anilines is 1. The maximum absolute atomic E-state index is 11.9. The predicted octanol–water partition coefficient (Wildman–Crippen LogP) is 2.50. The van der Waals surface area contributed by atoms with Gasteiger partial charge in [0.2, 0.25) is 5.91 Å². The summed E-state index contributed by atoms with van der Waals surface area (Å²) in [5.74, 6) is 0.187. The largest absolute Gasteiger partial charge is 0.496 e. The Hall–Kier alpha value is -2.22. The monoisotopic (exact) mass is 262 g/mol. The van der Waals surface area contributed by atoms with Crippen molar-refractivity contribution in [2.75, 3.05) is 19.5 Å². The molecule has 0 aliphatic carbocycles. The number of amides is 1. The van der Waals surface area contributed by atoms with Crippen molar-refractivity contribution >= 4 is 11.6 Å². The first kappa shape index (κ1) is 14.8. The zero-order valence-corrected chi connectivity index (χ0v) is 11.6. The maximum Gasteiger partial charge on any atom is 0.241 e. The van der Waals surface area contributed by atoms with Crippen molar-refractivity contribution in [1.82, 2.24) is 0 Å². The van der Waals surface area contributed by atoms with Gasteiger partial charge < -0.3 is 14.8 Å². The summed E-state index contributed by atoms with van der Waals surface area (Å²) in [6.45, 7) is 3.68. The second-order valence-electron chi connectivity index (χ2n) is 4.10. The van der Waals surface area contributed by atoms with Crippen molar-refractivity contribution in [2.45, 2.75) is 20.3 Å². The molecule has 0 aliphatic rings. The number of carbonyl (C=O) groups is 1. The Kier molecular flexibility index (Phi) is 5.19. The average Bonchev–Trinajstić information content (AvgIpc) is 2.41. The first-order valence-electron chi connectivity index (χ1n) is 6.00. The van der Waals surface area contributed by atoms with Crippen LogP contribution in [-0.4, -0.2) is 20.1 Å². The van der Waals surface area contributed by atoms with Crippen molar-refractivity contribution in [1.29, 1.82) is 5.26 Å². The third-order valence-corrected chi connectivity index (χ3v) is 2.86. The lowest BCUT2D eigenvalue weighted by atomic mass is 10.1. The fourth-order valence-electron chi connectivity index (χ4n) is 1.70. The van der Waals surface area contributed by atoms with Gasteiger partial charge in [0.1, 0.15) is 17.4 Å². The van der Waals surface area contributed by atoms with Gasteiger partial charge in [-0.3, -0.25) is 4.79 Å². The molecule has 0 bridgehead atoms. The molecule has 5 heteroatoms. The zero-order valence-electron chi connectivity index (χ0n) is 11.6. The van der Waals surface area contributed by atoms with Gasteiger partial charge in [0.05, 0.1) is 26.0 Å². The molecule has 5 nitrogen and oxygen atoms in total. The summed E-state index contributed by atoms with van der Waals surface area (Å²) in [6, 6.07) is 5.44. The smallest absolute Gasteiger partial charge is 0.241 e. The van der Waals surface area contributed by atoms with Crippen LogP contribution in [0, 0.1) is 24.2 Å². The number of nitrogens with zero attached hydrogens (tertiary/aromatic N) is 1. The molecule has 1 amide bonds. The van der Waals surface area contributed by atoms with Crippen molar-refractivity contribution < 1.29 is 14.3 Å². The quantitative estimate of drug-likeness (QED) is 0.885. The van der Waals surface area contributed by atoms with E-state index < -0.39 is 5.92 Å². The van der Waals surface area contributed by atoms with Crippen LogP contribution >= 0.6 is 0 Å². The van der Waals surface area contributed by atoms with Crippen molar-refractivity contribution in [3.8, 4) is 17.6 Å². The molecule has 1 unspecified atom stereocenters. The highest BCUT2D eigenvalue weighted by molar-refractivity contribution is 5.95. The van der Waals surface area contributed by atoms with E-state index in [9.17, 15) is 4.79 Å². The first-order valence-corrected chi connectivity index (χ1v) is 6.00. The van der Waals surface area contributed by atoms with E-state index in [-0.39, 0.29) is 5.91 Å². The molecular weight excluding hydrogens is 244 g/mol. The number of benzene rings is 1. The number of hydrogen-bond donors (Lipinski definition) is 1. The molecule has 0 heterocycles. The van der Waals surface area contributed by atoms with E-state index >= 15 is 0 Å². The normalized spacial score (nSPS) is 11.3. The second-order valence-corrected chi connectivity index (χ2v) is 4.10. The van der Waals surface area contributed by atoms with Gasteiger partial charge in [-0.25, -0.2) is 0 Å². The van der Waals surface area contributed by atoms with Crippen LogP contribution in [0.1, 0.15) is 18.9 Å². The average molecular weight is 262 g/mol. The number of carbonyl (C=O) groups excluding carboxylic acids is 1. The fraction of sp³-hybridized carbons (Fsp3) is 0.429. The number of rotatable bonds is 5. The van der Waals surface area contributed by atoms with Crippen LogP contribution in [0.2, 0.25) is 0 Å². The summed E-state index contributed by atoms with van der Waals surface area (Å²) in [7, 11) is 3.09. The second kappa shape index (κ2) is 6.64. The van der Waals surface area contributed by atoms with Gasteiger partial charge in [0.25, 0.3) is 0 Å².